The molecular weight excluding hydrogens is 455 g/mol. The second-order valence-electron chi connectivity index (χ2n) is 7.83. The van der Waals surface area contributed by atoms with E-state index in [-0.39, 0.29) is 12.3 Å². The number of alkyl halides is 3. The lowest BCUT2D eigenvalue weighted by atomic mass is 10.1. The van der Waals surface area contributed by atoms with E-state index in [1.165, 1.54) is 18.4 Å². The van der Waals surface area contributed by atoms with Crippen LogP contribution in [0.4, 0.5) is 13.2 Å². The predicted molar refractivity (Wildman–Crippen MR) is 120 cm³/mol. The van der Waals surface area contributed by atoms with Gasteiger partial charge in [-0.05, 0) is 61.4 Å². The highest BCUT2D eigenvalue weighted by molar-refractivity contribution is 8.33. The number of carboxylic acids is 1. The lowest BCUT2D eigenvalue weighted by molar-refractivity contribution is -0.138. The summed E-state index contributed by atoms with van der Waals surface area (Å²) in [6.07, 6.45) is -0.985. The minimum atomic E-state index is -4.41. The van der Waals surface area contributed by atoms with Gasteiger partial charge in [0, 0.05) is 21.4 Å². The molecule has 0 aliphatic rings. The minimum Gasteiger partial charge on any atom is -0.481 e. The van der Waals surface area contributed by atoms with E-state index in [4.69, 9.17) is 13.9 Å². The standard InChI is InChI=1S/C24H22F3NO4S/c1-4-33(3,18-9-10-19-16(11-21(29)30)13-31-20(19)12-18)23-14(2)28-22(32-23)15-5-7-17(8-6-15)24(25,26)27/h5-10,12-13H,4,11H2,1-3H3,(H,29,30). The summed E-state index contributed by atoms with van der Waals surface area (Å²) in [5, 5.41) is 10.5. The van der Waals surface area contributed by atoms with Crippen molar-refractivity contribution in [2.45, 2.75) is 36.4 Å². The molecule has 33 heavy (non-hydrogen) atoms. The van der Waals surface area contributed by atoms with Gasteiger partial charge >= 0.3 is 12.1 Å². The molecule has 0 saturated heterocycles. The summed E-state index contributed by atoms with van der Waals surface area (Å²) in [5.74, 6) is 0.0778. The number of hydrogen-bond donors (Lipinski definition) is 1. The number of hydrogen-bond acceptors (Lipinski definition) is 4. The van der Waals surface area contributed by atoms with Gasteiger partial charge in [0.15, 0.2) is 5.09 Å². The lowest BCUT2D eigenvalue weighted by Gasteiger charge is -2.33. The Balaban J connectivity index is 1.72. The summed E-state index contributed by atoms with van der Waals surface area (Å²) < 4.78 is 50.4. The summed E-state index contributed by atoms with van der Waals surface area (Å²) in [6, 6.07) is 10.4. The number of rotatable bonds is 6. The highest BCUT2D eigenvalue weighted by atomic mass is 32.3. The lowest BCUT2D eigenvalue weighted by Crippen LogP contribution is -2.04. The van der Waals surface area contributed by atoms with Crippen LogP contribution < -0.4 is 0 Å². The summed E-state index contributed by atoms with van der Waals surface area (Å²) in [7, 11) is -1.67. The van der Waals surface area contributed by atoms with Crippen LogP contribution in [0.2, 0.25) is 0 Å². The molecule has 1 unspecified atom stereocenters. The number of halogens is 3. The molecule has 2 heterocycles. The van der Waals surface area contributed by atoms with E-state index in [1.807, 2.05) is 32.0 Å². The third kappa shape index (κ3) is 4.25. The van der Waals surface area contributed by atoms with Gasteiger partial charge in [0.1, 0.15) is 5.58 Å². The first kappa shape index (κ1) is 23.0. The van der Waals surface area contributed by atoms with Crippen molar-refractivity contribution in [2.24, 2.45) is 0 Å². The van der Waals surface area contributed by atoms with Gasteiger partial charge in [-0.25, -0.2) is 4.98 Å². The first-order valence-corrected chi connectivity index (χ1v) is 12.4. The average molecular weight is 478 g/mol. The fourth-order valence-corrected chi connectivity index (χ4v) is 6.28. The van der Waals surface area contributed by atoms with Crippen LogP contribution in [0, 0.1) is 6.92 Å². The number of carbonyl (C=O) groups is 1. The molecule has 4 rings (SSSR count). The van der Waals surface area contributed by atoms with Gasteiger partial charge in [-0.15, -0.1) is 0 Å². The Morgan fingerprint density at radius 2 is 1.85 bits per heavy atom. The van der Waals surface area contributed by atoms with Crippen molar-refractivity contribution in [1.82, 2.24) is 4.98 Å². The zero-order chi connectivity index (χ0) is 24.0. The van der Waals surface area contributed by atoms with Crippen molar-refractivity contribution in [2.75, 3.05) is 12.0 Å². The van der Waals surface area contributed by atoms with Gasteiger partial charge < -0.3 is 13.9 Å². The predicted octanol–water partition coefficient (Wildman–Crippen LogP) is 6.91. The number of furan rings is 1. The van der Waals surface area contributed by atoms with Crippen molar-refractivity contribution in [3.05, 3.63) is 65.5 Å². The molecule has 0 saturated carbocycles. The number of carboxylic acid groups (broad SMARTS) is 1. The number of fused-ring (bicyclic) bond motifs is 1. The van der Waals surface area contributed by atoms with Crippen molar-refractivity contribution in [1.29, 1.82) is 0 Å². The molecule has 174 valence electrons. The smallest absolute Gasteiger partial charge is 0.416 e. The van der Waals surface area contributed by atoms with Crippen LogP contribution in [0.15, 0.2) is 67.5 Å². The topological polar surface area (TPSA) is 76.5 Å². The van der Waals surface area contributed by atoms with Gasteiger partial charge in [-0.1, -0.05) is 6.92 Å². The normalized spacial score (nSPS) is 14.8. The average Bonchev–Trinajstić information content (AvgIpc) is 3.35. The molecule has 1 atom stereocenters. The molecule has 2 aromatic heterocycles. The number of nitrogens with zero attached hydrogens (tertiary/aromatic N) is 1. The Hall–Kier alpha value is -3.20. The quantitative estimate of drug-likeness (QED) is 0.326. The third-order valence-electron chi connectivity index (χ3n) is 5.69. The highest BCUT2D eigenvalue weighted by Crippen LogP contribution is 2.61. The van der Waals surface area contributed by atoms with E-state index in [0.717, 1.165) is 28.2 Å². The molecule has 0 aliphatic carbocycles. The second-order valence-corrected chi connectivity index (χ2v) is 11.4. The Kier molecular flexibility index (Phi) is 5.78. The van der Waals surface area contributed by atoms with Gasteiger partial charge in [0.25, 0.3) is 0 Å². The molecule has 2 aromatic carbocycles. The summed E-state index contributed by atoms with van der Waals surface area (Å²) in [4.78, 5) is 16.6. The molecule has 0 bridgehead atoms. The van der Waals surface area contributed by atoms with Crippen LogP contribution in [0.3, 0.4) is 0 Å². The molecule has 5 nitrogen and oxygen atoms in total. The summed E-state index contributed by atoms with van der Waals surface area (Å²) >= 11 is 0. The number of aliphatic carboxylic acids is 1. The van der Waals surface area contributed by atoms with Crippen LogP contribution >= 0.6 is 10.0 Å². The van der Waals surface area contributed by atoms with Crippen molar-refractivity contribution in [3.63, 3.8) is 0 Å². The molecule has 4 aromatic rings. The summed E-state index contributed by atoms with van der Waals surface area (Å²) in [6.45, 7) is 3.86. The van der Waals surface area contributed by atoms with E-state index < -0.39 is 27.7 Å². The number of oxazole rings is 1. The maximum atomic E-state index is 12.9. The Morgan fingerprint density at radius 3 is 2.45 bits per heavy atom. The first-order chi connectivity index (χ1) is 15.5. The van der Waals surface area contributed by atoms with Crippen LogP contribution in [-0.2, 0) is 17.4 Å². The molecular formula is C24H22F3NO4S. The molecule has 0 fully saturated rings. The van der Waals surface area contributed by atoms with E-state index in [1.54, 1.807) is 0 Å². The Morgan fingerprint density at radius 1 is 1.15 bits per heavy atom. The molecule has 0 aliphatic heterocycles. The molecule has 1 N–H and O–H groups in total. The molecule has 9 heteroatoms. The van der Waals surface area contributed by atoms with Crippen molar-refractivity contribution >= 4 is 27.0 Å². The largest absolute Gasteiger partial charge is 0.481 e. The van der Waals surface area contributed by atoms with Crippen molar-refractivity contribution < 1.29 is 31.9 Å². The highest BCUT2D eigenvalue weighted by Gasteiger charge is 2.32. The minimum absolute atomic E-state index is 0.123. The van der Waals surface area contributed by atoms with Gasteiger partial charge in [-0.2, -0.15) is 23.2 Å². The van der Waals surface area contributed by atoms with E-state index in [2.05, 4.69) is 11.2 Å². The van der Waals surface area contributed by atoms with Crippen LogP contribution in [-0.4, -0.2) is 28.1 Å². The fraction of sp³-hybridized carbons (Fsp3) is 0.250. The number of aryl methyl sites for hydroxylation is 1. The van der Waals surface area contributed by atoms with E-state index in [9.17, 15) is 18.0 Å². The fourth-order valence-electron chi connectivity index (χ4n) is 3.77. The number of benzene rings is 2. The maximum Gasteiger partial charge on any atom is 0.416 e. The zero-order valence-corrected chi connectivity index (χ0v) is 19.0. The maximum absolute atomic E-state index is 12.9. The molecule has 0 amide bonds. The Labute approximate surface area is 189 Å². The van der Waals surface area contributed by atoms with Gasteiger partial charge in [-0.3, -0.25) is 4.79 Å². The van der Waals surface area contributed by atoms with Gasteiger partial charge in [0.2, 0.25) is 5.89 Å². The first-order valence-electron chi connectivity index (χ1n) is 10.2. The summed E-state index contributed by atoms with van der Waals surface area (Å²) in [5.41, 5.74) is 1.62. The molecule has 0 spiro atoms. The van der Waals surface area contributed by atoms with Crippen LogP contribution in [0.25, 0.3) is 22.4 Å². The van der Waals surface area contributed by atoms with Crippen molar-refractivity contribution in [3.8, 4) is 11.5 Å². The van der Waals surface area contributed by atoms with E-state index >= 15 is 0 Å². The van der Waals surface area contributed by atoms with Gasteiger partial charge in [0.05, 0.1) is 23.9 Å². The monoisotopic (exact) mass is 477 g/mol. The SMILES string of the molecule is CCS(C)(c1ccc2c(CC(=O)O)coc2c1)c1oc(-c2ccc(C(F)(F)F)cc2)nc1C. The Bertz CT molecular complexity index is 1320. The van der Waals surface area contributed by atoms with Crippen LogP contribution in [0.1, 0.15) is 23.7 Å². The van der Waals surface area contributed by atoms with Crippen LogP contribution in [0.5, 0.6) is 0 Å². The zero-order valence-electron chi connectivity index (χ0n) is 18.2. The van der Waals surface area contributed by atoms with E-state index in [0.29, 0.717) is 27.5 Å². The third-order valence-corrected chi connectivity index (χ3v) is 9.34. The second kappa shape index (κ2) is 8.30. The molecule has 0 radical (unpaired) electrons. The number of aromatic nitrogens is 1.